The van der Waals surface area contributed by atoms with Crippen LogP contribution in [0.1, 0.15) is 22.3 Å². The molecule has 1 saturated heterocycles. The maximum atomic E-state index is 13.5. The maximum Gasteiger partial charge on any atom is 0.416 e. The van der Waals surface area contributed by atoms with Gasteiger partial charge in [0.15, 0.2) is 11.5 Å². The minimum absolute atomic E-state index is 0.168. The molecule has 2 heterocycles. The van der Waals surface area contributed by atoms with Crippen molar-refractivity contribution in [3.63, 3.8) is 0 Å². The van der Waals surface area contributed by atoms with Crippen molar-refractivity contribution >= 4 is 5.91 Å². The van der Waals surface area contributed by atoms with Gasteiger partial charge >= 0.3 is 6.18 Å². The number of carbonyl (C=O) groups is 1. The van der Waals surface area contributed by atoms with Crippen molar-refractivity contribution in [3.05, 3.63) is 83.2 Å². The van der Waals surface area contributed by atoms with Gasteiger partial charge < -0.3 is 23.8 Å². The number of halogens is 3. The lowest BCUT2D eigenvalue weighted by molar-refractivity contribution is -0.138. The number of aromatic nitrogens is 1. The number of rotatable bonds is 12. The molecule has 0 spiro atoms. The molecule has 1 amide bonds. The lowest BCUT2D eigenvalue weighted by Crippen LogP contribution is -2.38. The van der Waals surface area contributed by atoms with E-state index in [9.17, 15) is 18.0 Å². The first-order valence-corrected chi connectivity index (χ1v) is 13.3. The number of morpholine rings is 1. The average Bonchev–Trinajstić information content (AvgIpc) is 2.98. The Balaban J connectivity index is 1.54. The Bertz CT molecular complexity index is 1260. The van der Waals surface area contributed by atoms with Crippen LogP contribution in [0.4, 0.5) is 13.2 Å². The fraction of sp³-hybridized carbons (Fsp3) is 0.400. The van der Waals surface area contributed by atoms with Gasteiger partial charge in [0.25, 0.3) is 0 Å². The summed E-state index contributed by atoms with van der Waals surface area (Å²) in [5.41, 5.74) is 1.04. The van der Waals surface area contributed by atoms with Crippen molar-refractivity contribution in [3.8, 4) is 17.2 Å². The second-order valence-electron chi connectivity index (χ2n) is 9.61. The smallest absolute Gasteiger partial charge is 0.416 e. The summed E-state index contributed by atoms with van der Waals surface area (Å²) in [6.07, 6.45) is -1.43. The van der Waals surface area contributed by atoms with Crippen LogP contribution in [0, 0.1) is 0 Å². The molecule has 1 aliphatic heterocycles. The number of carbonyl (C=O) groups excluding carboxylic acids is 1. The van der Waals surface area contributed by atoms with Gasteiger partial charge in [-0.15, -0.1) is 0 Å². The summed E-state index contributed by atoms with van der Waals surface area (Å²) in [6.45, 7) is 4.64. The molecule has 8 nitrogen and oxygen atoms in total. The van der Waals surface area contributed by atoms with Crippen LogP contribution in [0.3, 0.4) is 0 Å². The normalized spacial score (nSPS) is 14.0. The zero-order valence-corrected chi connectivity index (χ0v) is 23.2. The van der Waals surface area contributed by atoms with E-state index in [-0.39, 0.29) is 31.0 Å². The van der Waals surface area contributed by atoms with Crippen LogP contribution >= 0.6 is 0 Å². The lowest BCUT2D eigenvalue weighted by Gasteiger charge is -2.27. The van der Waals surface area contributed by atoms with Crippen molar-refractivity contribution in [2.24, 2.45) is 0 Å². The minimum Gasteiger partial charge on any atom is -0.493 e. The number of alkyl halides is 3. The number of hydrogen-bond acceptors (Lipinski definition) is 7. The van der Waals surface area contributed by atoms with E-state index in [1.807, 2.05) is 0 Å². The van der Waals surface area contributed by atoms with Gasteiger partial charge in [0, 0.05) is 45.1 Å². The van der Waals surface area contributed by atoms with Crippen molar-refractivity contribution < 1.29 is 36.9 Å². The first-order chi connectivity index (χ1) is 19.8. The molecular weight excluding hydrogens is 539 g/mol. The lowest BCUT2D eigenvalue weighted by atomic mass is 10.1. The highest BCUT2D eigenvalue weighted by molar-refractivity contribution is 5.79. The first kappa shape index (κ1) is 30.1. The molecule has 0 unspecified atom stereocenters. The quantitative estimate of drug-likeness (QED) is 0.314. The molecule has 41 heavy (non-hydrogen) atoms. The third-order valence-corrected chi connectivity index (χ3v) is 6.74. The van der Waals surface area contributed by atoms with E-state index < -0.39 is 11.7 Å². The summed E-state index contributed by atoms with van der Waals surface area (Å²) < 4.78 is 62.4. The first-order valence-electron chi connectivity index (χ1n) is 13.3. The molecule has 0 aliphatic carbocycles. The minimum atomic E-state index is -4.49. The SMILES string of the molecule is COc1cc(CN(Cc2ccncc2)C(=O)Cc2cccc(C(F)(F)F)c2)cc(OC)c1OCCN1CCOCC1. The highest BCUT2D eigenvalue weighted by Gasteiger charge is 2.30. The van der Waals surface area contributed by atoms with Crippen molar-refractivity contribution in [2.45, 2.75) is 25.7 Å². The predicted octanol–water partition coefficient (Wildman–Crippen LogP) is 4.60. The summed E-state index contributed by atoms with van der Waals surface area (Å²) in [5.74, 6) is 1.04. The zero-order valence-electron chi connectivity index (χ0n) is 23.2. The fourth-order valence-electron chi connectivity index (χ4n) is 4.57. The molecule has 220 valence electrons. The summed E-state index contributed by atoms with van der Waals surface area (Å²) >= 11 is 0. The monoisotopic (exact) mass is 573 g/mol. The highest BCUT2D eigenvalue weighted by Crippen LogP contribution is 2.39. The van der Waals surface area contributed by atoms with Crippen molar-refractivity contribution in [2.75, 3.05) is 53.7 Å². The number of nitrogens with zero attached hydrogens (tertiary/aromatic N) is 3. The molecule has 1 aromatic heterocycles. The third-order valence-electron chi connectivity index (χ3n) is 6.74. The molecule has 0 saturated carbocycles. The number of pyridine rings is 1. The van der Waals surface area contributed by atoms with Crippen LogP contribution < -0.4 is 14.2 Å². The Kier molecular flexibility index (Phi) is 10.4. The van der Waals surface area contributed by atoms with Gasteiger partial charge in [-0.25, -0.2) is 0 Å². The van der Waals surface area contributed by atoms with Crippen LogP contribution in [0.25, 0.3) is 0 Å². The Hall–Kier alpha value is -3.83. The van der Waals surface area contributed by atoms with Crippen molar-refractivity contribution in [1.82, 2.24) is 14.8 Å². The van der Waals surface area contributed by atoms with Gasteiger partial charge in [0.1, 0.15) is 6.61 Å². The third kappa shape index (κ3) is 8.58. The van der Waals surface area contributed by atoms with Crippen LogP contribution in [0.2, 0.25) is 0 Å². The molecule has 0 N–H and O–H groups in total. The number of amides is 1. The largest absolute Gasteiger partial charge is 0.493 e. The van der Waals surface area contributed by atoms with Gasteiger partial charge in [0.05, 0.1) is 39.4 Å². The van der Waals surface area contributed by atoms with Gasteiger partial charge in [-0.05, 0) is 47.0 Å². The Morgan fingerprint density at radius 3 is 2.24 bits per heavy atom. The van der Waals surface area contributed by atoms with E-state index >= 15 is 0 Å². The summed E-state index contributed by atoms with van der Waals surface area (Å²) in [7, 11) is 3.06. The van der Waals surface area contributed by atoms with Gasteiger partial charge in [-0.2, -0.15) is 13.2 Å². The van der Waals surface area contributed by atoms with Gasteiger partial charge in [0.2, 0.25) is 11.7 Å². The van der Waals surface area contributed by atoms with E-state index in [4.69, 9.17) is 18.9 Å². The van der Waals surface area contributed by atoms with Crippen molar-refractivity contribution in [1.29, 1.82) is 0 Å². The molecule has 0 bridgehead atoms. The Morgan fingerprint density at radius 1 is 0.951 bits per heavy atom. The van der Waals surface area contributed by atoms with Crippen LogP contribution in [0.5, 0.6) is 17.2 Å². The standard InChI is InChI=1S/C30H34F3N3O5/c1-38-26-17-24(18-27(39-2)29(26)41-15-12-35-10-13-40-14-11-35)21-36(20-22-6-8-34-9-7-22)28(37)19-23-4-3-5-25(16-23)30(31,32)33/h3-9,16-18H,10-15,19-21H2,1-2H3. The average molecular weight is 574 g/mol. The molecule has 2 aromatic carbocycles. The number of methoxy groups -OCH3 is 2. The summed E-state index contributed by atoms with van der Waals surface area (Å²) in [4.78, 5) is 21.3. The van der Waals surface area contributed by atoms with Gasteiger partial charge in [-0.1, -0.05) is 18.2 Å². The molecule has 11 heteroatoms. The Labute approximate surface area is 237 Å². The zero-order chi connectivity index (χ0) is 29.2. The predicted molar refractivity (Wildman–Crippen MR) is 146 cm³/mol. The van der Waals surface area contributed by atoms with Crippen LogP contribution in [0.15, 0.2) is 60.9 Å². The second kappa shape index (κ2) is 14.2. The van der Waals surface area contributed by atoms with E-state index in [0.717, 1.165) is 37.3 Å². The molecule has 1 fully saturated rings. The fourth-order valence-corrected chi connectivity index (χ4v) is 4.57. The van der Waals surface area contributed by atoms with E-state index in [2.05, 4.69) is 9.88 Å². The molecule has 1 aliphatic rings. The Morgan fingerprint density at radius 2 is 1.61 bits per heavy atom. The second-order valence-corrected chi connectivity index (χ2v) is 9.61. The number of hydrogen-bond donors (Lipinski definition) is 0. The summed E-state index contributed by atoms with van der Waals surface area (Å²) in [5, 5.41) is 0. The number of benzene rings is 2. The van der Waals surface area contributed by atoms with E-state index in [1.165, 1.54) is 26.4 Å². The van der Waals surface area contributed by atoms with E-state index in [1.54, 1.807) is 41.6 Å². The van der Waals surface area contributed by atoms with Crippen LogP contribution in [-0.4, -0.2) is 74.4 Å². The molecule has 0 radical (unpaired) electrons. The van der Waals surface area contributed by atoms with Gasteiger partial charge in [-0.3, -0.25) is 14.7 Å². The summed E-state index contributed by atoms with van der Waals surface area (Å²) in [6, 6.07) is 12.0. The molecule has 4 rings (SSSR count). The van der Waals surface area contributed by atoms with E-state index in [0.29, 0.717) is 42.6 Å². The number of ether oxygens (including phenoxy) is 4. The highest BCUT2D eigenvalue weighted by atomic mass is 19.4. The molecule has 0 atom stereocenters. The maximum absolute atomic E-state index is 13.5. The topological polar surface area (TPSA) is 73.4 Å². The molecule has 3 aromatic rings. The van der Waals surface area contributed by atoms with Crippen LogP contribution in [-0.2, 0) is 35.2 Å². The molecular formula is C30H34F3N3O5.